The van der Waals surface area contributed by atoms with E-state index in [0.717, 1.165) is 6.42 Å². The highest BCUT2D eigenvalue weighted by atomic mass is 16.6. The minimum Gasteiger partial charge on any atom is -0.377 e. The maximum atomic E-state index is 11.5. The number of hydrogen-bond acceptors (Lipinski definition) is 7. The van der Waals surface area contributed by atoms with Gasteiger partial charge in [0.2, 0.25) is 5.91 Å². The van der Waals surface area contributed by atoms with Gasteiger partial charge >= 0.3 is 0 Å². The summed E-state index contributed by atoms with van der Waals surface area (Å²) in [5, 5.41) is 2.78. The Labute approximate surface area is 175 Å². The first kappa shape index (κ1) is 27.9. The van der Waals surface area contributed by atoms with Gasteiger partial charge in [-0.3, -0.25) is 9.59 Å². The second-order valence-corrected chi connectivity index (χ2v) is 7.42. The molecule has 0 rings (SSSR count). The number of ether oxygens (including phenoxy) is 5. The van der Waals surface area contributed by atoms with Gasteiger partial charge in [-0.2, -0.15) is 0 Å². The molecule has 0 unspecified atom stereocenters. The lowest BCUT2D eigenvalue weighted by Crippen LogP contribution is -2.31. The quantitative estimate of drug-likeness (QED) is 0.284. The lowest BCUT2D eigenvalue weighted by molar-refractivity contribution is -0.125. The Balaban J connectivity index is 3.15. The minimum atomic E-state index is -0.00727. The van der Waals surface area contributed by atoms with Gasteiger partial charge in [-0.15, -0.1) is 0 Å². The molecule has 0 bridgehead atoms. The second-order valence-electron chi connectivity index (χ2n) is 7.42. The van der Waals surface area contributed by atoms with E-state index in [1.54, 1.807) is 0 Å². The van der Waals surface area contributed by atoms with Crippen LogP contribution in [0.5, 0.6) is 0 Å². The first-order chi connectivity index (χ1) is 13.9. The average Bonchev–Trinajstić information content (AvgIpc) is 2.68. The van der Waals surface area contributed by atoms with Gasteiger partial charge in [0.25, 0.3) is 0 Å². The van der Waals surface area contributed by atoms with Gasteiger partial charge in [-0.1, -0.05) is 27.7 Å². The molecule has 1 N–H and O–H groups in total. The van der Waals surface area contributed by atoms with E-state index in [0.29, 0.717) is 78.3 Å². The van der Waals surface area contributed by atoms with Crippen molar-refractivity contribution in [3.05, 3.63) is 0 Å². The first-order valence-corrected chi connectivity index (χ1v) is 10.6. The number of hydrogen-bond donors (Lipinski definition) is 1. The lowest BCUT2D eigenvalue weighted by atomic mass is 10.1. The fourth-order valence-corrected chi connectivity index (χ4v) is 2.04. The molecule has 0 aromatic heterocycles. The van der Waals surface area contributed by atoms with Crippen LogP contribution in [0.3, 0.4) is 0 Å². The highest BCUT2D eigenvalue weighted by Gasteiger charge is 2.05. The molecule has 0 aliphatic carbocycles. The third-order valence-electron chi connectivity index (χ3n) is 3.82. The van der Waals surface area contributed by atoms with Crippen LogP contribution in [0.1, 0.15) is 40.5 Å². The molecule has 0 atom stereocenters. The molecule has 0 radical (unpaired) electrons. The zero-order valence-corrected chi connectivity index (χ0v) is 18.7. The summed E-state index contributed by atoms with van der Waals surface area (Å²) >= 11 is 0. The summed E-state index contributed by atoms with van der Waals surface area (Å²) in [4.78, 5) is 22.8. The van der Waals surface area contributed by atoms with E-state index in [1.165, 1.54) is 0 Å². The number of carbonyl (C=O) groups excluding carboxylic acids is 2. The number of ketones is 1. The van der Waals surface area contributed by atoms with E-state index in [2.05, 4.69) is 19.2 Å². The topological polar surface area (TPSA) is 92.3 Å². The van der Waals surface area contributed by atoms with E-state index < -0.39 is 0 Å². The van der Waals surface area contributed by atoms with Crippen molar-refractivity contribution >= 4 is 11.7 Å². The Morgan fingerprint density at radius 1 is 0.690 bits per heavy atom. The minimum absolute atomic E-state index is 0.00727. The summed E-state index contributed by atoms with van der Waals surface area (Å²) in [5.74, 6) is 0.708. The molecule has 172 valence electrons. The maximum Gasteiger partial charge on any atom is 0.222 e. The van der Waals surface area contributed by atoms with Crippen LogP contribution in [-0.2, 0) is 33.3 Å². The summed E-state index contributed by atoms with van der Waals surface area (Å²) in [6.45, 7) is 12.9. The number of nitrogens with one attached hydrogen (secondary N) is 1. The Kier molecular flexibility index (Phi) is 19.5. The number of amides is 1. The van der Waals surface area contributed by atoms with Crippen LogP contribution in [-0.4, -0.2) is 84.3 Å². The van der Waals surface area contributed by atoms with Gasteiger partial charge in [0.05, 0.1) is 59.5 Å². The Hall–Kier alpha value is -1.06. The standard InChI is InChI=1S/C21H41NO7/c1-18(2)5-6-20(23)17-29-16-15-28-14-13-27-12-11-26-10-9-25-8-7-22-21(24)19(3)4/h18-19H,5-17H2,1-4H3,(H,22,24). The zero-order valence-electron chi connectivity index (χ0n) is 18.7. The molecular formula is C21H41NO7. The van der Waals surface area contributed by atoms with Crippen molar-refractivity contribution in [1.29, 1.82) is 0 Å². The van der Waals surface area contributed by atoms with E-state index in [9.17, 15) is 9.59 Å². The predicted octanol–water partition coefficient (Wildman–Crippen LogP) is 1.85. The largest absolute Gasteiger partial charge is 0.377 e. The molecular weight excluding hydrogens is 378 g/mol. The molecule has 0 aromatic carbocycles. The normalized spacial score (nSPS) is 11.4. The molecule has 0 aliphatic rings. The van der Waals surface area contributed by atoms with Crippen molar-refractivity contribution < 1.29 is 33.3 Å². The van der Waals surface area contributed by atoms with Crippen LogP contribution < -0.4 is 5.32 Å². The number of carbonyl (C=O) groups is 2. The monoisotopic (exact) mass is 419 g/mol. The number of Topliss-reactive ketones (excluding diaryl/α,β-unsaturated/α-hetero) is 1. The summed E-state index contributed by atoms with van der Waals surface area (Å²) < 4.78 is 26.8. The first-order valence-electron chi connectivity index (χ1n) is 10.6. The summed E-state index contributed by atoms with van der Waals surface area (Å²) in [5.41, 5.74) is 0. The third-order valence-corrected chi connectivity index (χ3v) is 3.82. The molecule has 0 saturated carbocycles. The van der Waals surface area contributed by atoms with E-state index >= 15 is 0 Å². The van der Waals surface area contributed by atoms with Crippen molar-refractivity contribution in [1.82, 2.24) is 5.32 Å². The van der Waals surface area contributed by atoms with Crippen molar-refractivity contribution in [3.8, 4) is 0 Å². The van der Waals surface area contributed by atoms with Crippen LogP contribution in [0.4, 0.5) is 0 Å². The molecule has 0 aliphatic heterocycles. The molecule has 8 heteroatoms. The van der Waals surface area contributed by atoms with Gasteiger partial charge in [-0.05, 0) is 12.3 Å². The van der Waals surface area contributed by atoms with Gasteiger partial charge in [-0.25, -0.2) is 0 Å². The fraction of sp³-hybridized carbons (Fsp3) is 0.905. The highest BCUT2D eigenvalue weighted by molar-refractivity contribution is 5.79. The SMILES string of the molecule is CC(C)CCC(=O)COCCOCCOCCOCCOCCNC(=O)C(C)C. The number of rotatable bonds is 21. The Morgan fingerprint density at radius 2 is 1.14 bits per heavy atom. The van der Waals surface area contributed by atoms with E-state index in [-0.39, 0.29) is 24.2 Å². The zero-order chi connectivity index (χ0) is 21.7. The van der Waals surface area contributed by atoms with Gasteiger partial charge in [0.15, 0.2) is 5.78 Å². The van der Waals surface area contributed by atoms with Crippen molar-refractivity contribution in [3.63, 3.8) is 0 Å². The van der Waals surface area contributed by atoms with Gasteiger partial charge in [0, 0.05) is 18.9 Å². The van der Waals surface area contributed by atoms with Crippen molar-refractivity contribution in [2.75, 3.05) is 72.6 Å². The molecule has 1 amide bonds. The van der Waals surface area contributed by atoms with Gasteiger partial charge < -0.3 is 29.0 Å². The summed E-state index contributed by atoms with van der Waals surface area (Å²) in [6.07, 6.45) is 1.49. The Morgan fingerprint density at radius 3 is 1.59 bits per heavy atom. The van der Waals surface area contributed by atoms with Crippen molar-refractivity contribution in [2.24, 2.45) is 11.8 Å². The summed E-state index contributed by atoms with van der Waals surface area (Å²) in [6, 6.07) is 0. The van der Waals surface area contributed by atoms with Gasteiger partial charge in [0.1, 0.15) is 6.61 Å². The van der Waals surface area contributed by atoms with Crippen LogP contribution >= 0.6 is 0 Å². The van der Waals surface area contributed by atoms with Crippen LogP contribution in [0.15, 0.2) is 0 Å². The molecule has 0 fully saturated rings. The Bertz CT molecular complexity index is 402. The molecule has 8 nitrogen and oxygen atoms in total. The highest BCUT2D eigenvalue weighted by Crippen LogP contribution is 2.03. The molecule has 0 aromatic rings. The smallest absolute Gasteiger partial charge is 0.222 e. The predicted molar refractivity (Wildman–Crippen MR) is 111 cm³/mol. The summed E-state index contributed by atoms with van der Waals surface area (Å²) in [7, 11) is 0. The van der Waals surface area contributed by atoms with Crippen LogP contribution in [0.25, 0.3) is 0 Å². The molecule has 0 saturated heterocycles. The maximum absolute atomic E-state index is 11.5. The molecule has 0 spiro atoms. The third kappa shape index (κ3) is 21.5. The van der Waals surface area contributed by atoms with Crippen molar-refractivity contribution in [2.45, 2.75) is 40.5 Å². The van der Waals surface area contributed by atoms with Crippen LogP contribution in [0.2, 0.25) is 0 Å². The molecule has 0 heterocycles. The fourth-order valence-electron chi connectivity index (χ4n) is 2.04. The lowest BCUT2D eigenvalue weighted by Gasteiger charge is -2.09. The molecule has 29 heavy (non-hydrogen) atoms. The van der Waals surface area contributed by atoms with E-state index in [1.807, 2.05) is 13.8 Å². The average molecular weight is 420 g/mol. The second kappa shape index (κ2) is 20.2. The van der Waals surface area contributed by atoms with Crippen LogP contribution in [0, 0.1) is 11.8 Å². The van der Waals surface area contributed by atoms with E-state index in [4.69, 9.17) is 23.7 Å².